The quantitative estimate of drug-likeness (QED) is 0.374. The van der Waals surface area contributed by atoms with E-state index in [0.717, 1.165) is 12.8 Å². The Morgan fingerprint density at radius 1 is 0.706 bits per heavy atom. The first kappa shape index (κ1) is 16.4. The van der Waals surface area contributed by atoms with E-state index in [1.54, 1.807) is 0 Å². The molecule has 0 saturated carbocycles. The van der Waals surface area contributed by atoms with E-state index in [9.17, 15) is 0 Å². The maximum absolute atomic E-state index is 8.63. The van der Waals surface area contributed by atoms with Crippen molar-refractivity contribution in [3.05, 3.63) is 24.3 Å². The molecule has 0 spiro atoms. The van der Waals surface area contributed by atoms with Crippen LogP contribution in [0.1, 0.15) is 71.1 Å². The number of aliphatic hydroxyl groups excluding tert-OH is 1. The summed E-state index contributed by atoms with van der Waals surface area (Å²) in [4.78, 5) is 0. The maximum atomic E-state index is 8.63. The average molecular weight is 238 g/mol. The number of allylic oxidation sites excluding steroid dienone is 4. The van der Waals surface area contributed by atoms with Crippen molar-refractivity contribution >= 4 is 0 Å². The molecule has 17 heavy (non-hydrogen) atoms. The van der Waals surface area contributed by atoms with E-state index in [1.165, 1.54) is 51.4 Å². The van der Waals surface area contributed by atoms with E-state index >= 15 is 0 Å². The summed E-state index contributed by atoms with van der Waals surface area (Å²) < 4.78 is 0. The van der Waals surface area contributed by atoms with Crippen LogP contribution < -0.4 is 0 Å². The third-order valence-electron chi connectivity index (χ3n) is 2.90. The fourth-order valence-electron chi connectivity index (χ4n) is 1.82. The summed E-state index contributed by atoms with van der Waals surface area (Å²) in [5.41, 5.74) is 0. The van der Waals surface area contributed by atoms with Gasteiger partial charge in [0.15, 0.2) is 0 Å². The van der Waals surface area contributed by atoms with Crippen molar-refractivity contribution in [1.82, 2.24) is 0 Å². The molecule has 0 bridgehead atoms. The molecule has 0 aromatic carbocycles. The molecule has 0 fully saturated rings. The van der Waals surface area contributed by atoms with Crippen molar-refractivity contribution in [1.29, 1.82) is 0 Å². The van der Waals surface area contributed by atoms with Gasteiger partial charge >= 0.3 is 0 Å². The summed E-state index contributed by atoms with van der Waals surface area (Å²) in [5.74, 6) is 0. The normalized spacial score (nSPS) is 11.9. The van der Waals surface area contributed by atoms with Crippen LogP contribution >= 0.6 is 0 Å². The van der Waals surface area contributed by atoms with Crippen LogP contribution in [-0.4, -0.2) is 11.7 Å². The molecule has 0 saturated heterocycles. The van der Waals surface area contributed by atoms with Crippen LogP contribution in [0.4, 0.5) is 0 Å². The second-order valence-corrected chi connectivity index (χ2v) is 4.61. The predicted molar refractivity (Wildman–Crippen MR) is 77.2 cm³/mol. The van der Waals surface area contributed by atoms with Crippen LogP contribution in [0.25, 0.3) is 0 Å². The first-order valence-corrected chi connectivity index (χ1v) is 7.34. The van der Waals surface area contributed by atoms with Crippen molar-refractivity contribution in [3.63, 3.8) is 0 Å². The highest BCUT2D eigenvalue weighted by atomic mass is 16.2. The van der Waals surface area contributed by atoms with Gasteiger partial charge < -0.3 is 5.11 Å². The predicted octanol–water partition coefficient (Wildman–Crippen LogP) is 5.01. The van der Waals surface area contributed by atoms with Crippen LogP contribution in [0.15, 0.2) is 24.3 Å². The van der Waals surface area contributed by atoms with Gasteiger partial charge in [-0.25, -0.2) is 0 Å². The van der Waals surface area contributed by atoms with Crippen LogP contribution in [0, 0.1) is 0 Å². The topological polar surface area (TPSA) is 20.2 Å². The first-order chi connectivity index (χ1) is 8.41. The Bertz CT molecular complexity index is 182. The summed E-state index contributed by atoms with van der Waals surface area (Å²) in [6.07, 6.45) is 21.4. The number of unbranched alkanes of at least 4 members (excludes halogenated alkanes) is 8. The highest BCUT2D eigenvalue weighted by Gasteiger charge is 1.91. The van der Waals surface area contributed by atoms with Crippen molar-refractivity contribution in [2.45, 2.75) is 71.1 Å². The number of hydrogen-bond acceptors (Lipinski definition) is 1. The maximum Gasteiger partial charge on any atom is 0.0431 e. The first-order valence-electron chi connectivity index (χ1n) is 7.34. The molecule has 1 nitrogen and oxygen atoms in total. The monoisotopic (exact) mass is 238 g/mol. The van der Waals surface area contributed by atoms with Crippen molar-refractivity contribution < 1.29 is 5.11 Å². The summed E-state index contributed by atoms with van der Waals surface area (Å²) >= 11 is 0. The molecule has 0 aliphatic rings. The Kier molecular flexibility index (Phi) is 14.9. The fraction of sp³-hybridized carbons (Fsp3) is 0.750. The van der Waals surface area contributed by atoms with Gasteiger partial charge in [0, 0.05) is 6.61 Å². The van der Waals surface area contributed by atoms with E-state index < -0.39 is 0 Å². The molecule has 0 unspecified atom stereocenters. The molecule has 0 radical (unpaired) electrons. The standard InChI is InChI=1S/C16H30O/c1-2-3-4-5-6-7-8-9-10-11-12-13-14-15-16-17/h3-6,17H,2,7-16H2,1H3/b4-3?,6-5-. The molecule has 100 valence electrons. The molecule has 0 heterocycles. The molecule has 0 aromatic rings. The molecule has 1 N–H and O–H groups in total. The minimum atomic E-state index is 0.360. The van der Waals surface area contributed by atoms with Crippen molar-refractivity contribution in [2.75, 3.05) is 6.61 Å². The smallest absolute Gasteiger partial charge is 0.0431 e. The Labute approximate surface area is 108 Å². The lowest BCUT2D eigenvalue weighted by atomic mass is 10.1. The third-order valence-corrected chi connectivity index (χ3v) is 2.90. The van der Waals surface area contributed by atoms with Crippen LogP contribution in [0.2, 0.25) is 0 Å². The van der Waals surface area contributed by atoms with Gasteiger partial charge in [-0.1, -0.05) is 69.8 Å². The summed E-state index contributed by atoms with van der Waals surface area (Å²) in [6, 6.07) is 0. The third kappa shape index (κ3) is 15.4. The summed E-state index contributed by atoms with van der Waals surface area (Å²) in [7, 11) is 0. The highest BCUT2D eigenvalue weighted by Crippen LogP contribution is 2.09. The van der Waals surface area contributed by atoms with Gasteiger partial charge in [-0.15, -0.1) is 0 Å². The second-order valence-electron chi connectivity index (χ2n) is 4.61. The van der Waals surface area contributed by atoms with Crippen LogP contribution in [0.5, 0.6) is 0 Å². The molecule has 0 aliphatic carbocycles. The molecule has 0 aliphatic heterocycles. The molecule has 0 amide bonds. The van der Waals surface area contributed by atoms with Crippen LogP contribution in [0.3, 0.4) is 0 Å². The number of rotatable bonds is 12. The van der Waals surface area contributed by atoms with E-state index in [1.807, 2.05) is 0 Å². The lowest BCUT2D eigenvalue weighted by Gasteiger charge is -2.00. The molecule has 1 heteroatoms. The van der Waals surface area contributed by atoms with Gasteiger partial charge in [0.1, 0.15) is 0 Å². The summed E-state index contributed by atoms with van der Waals surface area (Å²) in [6.45, 7) is 2.52. The number of aliphatic hydroxyl groups is 1. The van der Waals surface area contributed by atoms with Gasteiger partial charge in [-0.05, 0) is 25.7 Å². The van der Waals surface area contributed by atoms with Crippen molar-refractivity contribution in [3.8, 4) is 0 Å². The molecule has 0 rings (SSSR count). The zero-order valence-electron chi connectivity index (χ0n) is 11.5. The zero-order valence-corrected chi connectivity index (χ0v) is 11.5. The largest absolute Gasteiger partial charge is 0.396 e. The Morgan fingerprint density at radius 2 is 1.24 bits per heavy atom. The fourth-order valence-corrected chi connectivity index (χ4v) is 1.82. The minimum absolute atomic E-state index is 0.360. The molecular formula is C16H30O. The lowest BCUT2D eigenvalue weighted by Crippen LogP contribution is -1.84. The Morgan fingerprint density at radius 3 is 1.82 bits per heavy atom. The van der Waals surface area contributed by atoms with Gasteiger partial charge in [0.2, 0.25) is 0 Å². The van der Waals surface area contributed by atoms with E-state index in [0.29, 0.717) is 6.61 Å². The van der Waals surface area contributed by atoms with Crippen LogP contribution in [-0.2, 0) is 0 Å². The highest BCUT2D eigenvalue weighted by molar-refractivity contribution is 5.01. The second kappa shape index (κ2) is 15.4. The van der Waals surface area contributed by atoms with Gasteiger partial charge in [-0.2, -0.15) is 0 Å². The summed E-state index contributed by atoms with van der Waals surface area (Å²) in [5, 5.41) is 8.63. The van der Waals surface area contributed by atoms with Gasteiger partial charge in [0.25, 0.3) is 0 Å². The number of hydrogen-bond donors (Lipinski definition) is 1. The Hall–Kier alpha value is -0.560. The molecular weight excluding hydrogens is 208 g/mol. The zero-order chi connectivity index (χ0) is 12.6. The Balaban J connectivity index is 3.03. The SMILES string of the molecule is CCC=C/C=C\CCCCCCCCCCO. The van der Waals surface area contributed by atoms with Gasteiger partial charge in [-0.3, -0.25) is 0 Å². The van der Waals surface area contributed by atoms with Gasteiger partial charge in [0.05, 0.1) is 0 Å². The average Bonchev–Trinajstić information content (AvgIpc) is 2.35. The van der Waals surface area contributed by atoms with E-state index in [-0.39, 0.29) is 0 Å². The molecule has 0 atom stereocenters. The van der Waals surface area contributed by atoms with E-state index in [2.05, 4.69) is 31.2 Å². The van der Waals surface area contributed by atoms with Crippen molar-refractivity contribution in [2.24, 2.45) is 0 Å². The molecule has 0 aromatic heterocycles. The van der Waals surface area contributed by atoms with E-state index in [4.69, 9.17) is 5.11 Å². The minimum Gasteiger partial charge on any atom is -0.396 e. The lowest BCUT2D eigenvalue weighted by molar-refractivity contribution is 0.282.